The minimum Gasteiger partial charge on any atom is -0.368 e. The second-order valence-corrected chi connectivity index (χ2v) is 5.82. The summed E-state index contributed by atoms with van der Waals surface area (Å²) in [5.74, 6) is 0. The van der Waals surface area contributed by atoms with E-state index in [-0.39, 0.29) is 11.8 Å². The average Bonchev–Trinajstić information content (AvgIpc) is 1.99. The summed E-state index contributed by atoms with van der Waals surface area (Å²) in [6.45, 7) is 10.0. The molecule has 0 aliphatic carbocycles. The second-order valence-electron chi connectivity index (χ2n) is 5.82. The summed E-state index contributed by atoms with van der Waals surface area (Å²) < 4.78 is 5.19. The van der Waals surface area contributed by atoms with Crippen LogP contribution in [0.3, 0.4) is 0 Å². The molecule has 0 aliphatic heterocycles. The third-order valence-electron chi connectivity index (χ3n) is 2.66. The highest BCUT2D eigenvalue weighted by molar-refractivity contribution is 4.81. The van der Waals surface area contributed by atoms with E-state index in [1.807, 2.05) is 34.6 Å². The van der Waals surface area contributed by atoms with Gasteiger partial charge in [0.05, 0.1) is 0 Å². The van der Waals surface area contributed by atoms with E-state index in [0.29, 0.717) is 13.0 Å². The van der Waals surface area contributed by atoms with Crippen molar-refractivity contribution in [3.63, 3.8) is 0 Å². The van der Waals surface area contributed by atoms with Gasteiger partial charge in [0.15, 0.2) is 12.6 Å². The summed E-state index contributed by atoms with van der Waals surface area (Å²) >= 11 is 0. The molecule has 98 valence electrons. The highest BCUT2D eigenvalue weighted by Crippen LogP contribution is 2.39. The van der Waals surface area contributed by atoms with Gasteiger partial charge in [0.1, 0.15) is 0 Å². The molecule has 0 aromatic rings. The minimum absolute atomic E-state index is 0.254. The zero-order chi connectivity index (χ0) is 13.0. The van der Waals surface area contributed by atoms with Gasteiger partial charge in [0, 0.05) is 18.4 Å². The van der Waals surface area contributed by atoms with Crippen molar-refractivity contribution in [2.75, 3.05) is 6.61 Å². The lowest BCUT2D eigenvalue weighted by Crippen LogP contribution is -2.37. The van der Waals surface area contributed by atoms with Gasteiger partial charge < -0.3 is 20.1 Å². The number of aliphatic hydroxyl groups is 3. The van der Waals surface area contributed by atoms with Crippen LogP contribution in [0, 0.1) is 10.8 Å². The van der Waals surface area contributed by atoms with Crippen LogP contribution >= 0.6 is 0 Å². The first-order valence-corrected chi connectivity index (χ1v) is 5.76. The Morgan fingerprint density at radius 2 is 1.56 bits per heavy atom. The first kappa shape index (κ1) is 15.8. The molecular formula is C12H26O4. The molecule has 0 rings (SSSR count). The molecule has 0 fully saturated rings. The Morgan fingerprint density at radius 3 is 1.94 bits per heavy atom. The summed E-state index contributed by atoms with van der Waals surface area (Å²) in [7, 11) is 0. The molecule has 0 aromatic carbocycles. The van der Waals surface area contributed by atoms with Crippen LogP contribution in [0.1, 0.15) is 47.5 Å². The van der Waals surface area contributed by atoms with Gasteiger partial charge in [0.25, 0.3) is 0 Å². The van der Waals surface area contributed by atoms with E-state index in [4.69, 9.17) is 14.9 Å². The Morgan fingerprint density at radius 1 is 1.06 bits per heavy atom. The largest absolute Gasteiger partial charge is 0.368 e. The van der Waals surface area contributed by atoms with Crippen molar-refractivity contribution >= 4 is 0 Å². The Bertz CT molecular complexity index is 199. The predicted molar refractivity (Wildman–Crippen MR) is 62.7 cm³/mol. The van der Waals surface area contributed by atoms with Crippen LogP contribution in [0.2, 0.25) is 0 Å². The smallest absolute Gasteiger partial charge is 0.159 e. The van der Waals surface area contributed by atoms with Gasteiger partial charge in [0.2, 0.25) is 0 Å². The molecule has 0 saturated heterocycles. The fraction of sp³-hybridized carbons (Fsp3) is 1.00. The zero-order valence-corrected chi connectivity index (χ0v) is 11.0. The molecule has 0 spiro atoms. The number of rotatable bonds is 7. The molecule has 4 heteroatoms. The lowest BCUT2D eigenvalue weighted by Gasteiger charge is -2.38. The van der Waals surface area contributed by atoms with Crippen molar-refractivity contribution in [1.82, 2.24) is 0 Å². The van der Waals surface area contributed by atoms with E-state index in [2.05, 4.69) is 0 Å². The van der Waals surface area contributed by atoms with E-state index < -0.39 is 18.0 Å². The summed E-state index contributed by atoms with van der Waals surface area (Å²) in [6, 6.07) is 0. The molecule has 1 unspecified atom stereocenters. The quantitative estimate of drug-likeness (QED) is 0.584. The highest BCUT2D eigenvalue weighted by Gasteiger charge is 2.35. The Kier molecular flexibility index (Phi) is 5.90. The van der Waals surface area contributed by atoms with Crippen molar-refractivity contribution in [3.8, 4) is 0 Å². The van der Waals surface area contributed by atoms with Gasteiger partial charge in [-0.05, 0) is 18.8 Å². The zero-order valence-electron chi connectivity index (χ0n) is 11.0. The molecule has 3 N–H and O–H groups in total. The van der Waals surface area contributed by atoms with Crippen LogP contribution in [-0.4, -0.2) is 34.5 Å². The van der Waals surface area contributed by atoms with Crippen molar-refractivity contribution in [1.29, 1.82) is 0 Å². The van der Waals surface area contributed by atoms with Crippen LogP contribution in [-0.2, 0) is 4.74 Å². The Balaban J connectivity index is 4.43. The number of hydrogen-bond acceptors (Lipinski definition) is 4. The first-order chi connectivity index (χ1) is 7.10. The molecule has 0 saturated carbocycles. The summed E-state index contributed by atoms with van der Waals surface area (Å²) in [4.78, 5) is 0. The van der Waals surface area contributed by atoms with Crippen molar-refractivity contribution in [2.24, 2.45) is 10.8 Å². The van der Waals surface area contributed by atoms with Crippen LogP contribution in [0.25, 0.3) is 0 Å². The lowest BCUT2D eigenvalue weighted by atomic mass is 9.73. The van der Waals surface area contributed by atoms with Gasteiger partial charge in [-0.2, -0.15) is 0 Å². The van der Waals surface area contributed by atoms with Crippen LogP contribution < -0.4 is 0 Å². The van der Waals surface area contributed by atoms with Gasteiger partial charge >= 0.3 is 0 Å². The first-order valence-electron chi connectivity index (χ1n) is 5.76. The van der Waals surface area contributed by atoms with Crippen LogP contribution in [0.4, 0.5) is 0 Å². The van der Waals surface area contributed by atoms with E-state index in [9.17, 15) is 5.11 Å². The summed E-state index contributed by atoms with van der Waals surface area (Å²) in [5, 5.41) is 27.8. The molecule has 0 bridgehead atoms. The normalized spacial score (nSPS) is 15.6. The van der Waals surface area contributed by atoms with Gasteiger partial charge in [-0.1, -0.05) is 27.7 Å². The molecule has 4 nitrogen and oxygen atoms in total. The third-order valence-corrected chi connectivity index (χ3v) is 2.66. The van der Waals surface area contributed by atoms with E-state index in [1.54, 1.807) is 0 Å². The Hall–Kier alpha value is -0.160. The molecular weight excluding hydrogens is 208 g/mol. The maximum Gasteiger partial charge on any atom is 0.159 e. The maximum atomic E-state index is 9.83. The number of ether oxygens (including phenoxy) is 1. The van der Waals surface area contributed by atoms with Gasteiger partial charge in [-0.25, -0.2) is 0 Å². The fourth-order valence-electron chi connectivity index (χ4n) is 2.27. The predicted octanol–water partition coefficient (Wildman–Crippen LogP) is 1.48. The molecule has 0 heterocycles. The van der Waals surface area contributed by atoms with Crippen molar-refractivity contribution < 1.29 is 20.1 Å². The van der Waals surface area contributed by atoms with Crippen LogP contribution in [0.5, 0.6) is 0 Å². The number of hydrogen-bond donors (Lipinski definition) is 3. The van der Waals surface area contributed by atoms with Crippen LogP contribution in [0.15, 0.2) is 0 Å². The molecule has 0 amide bonds. The number of aliphatic hydroxyl groups excluding tert-OH is 2. The summed E-state index contributed by atoms with van der Waals surface area (Å²) in [6.07, 6.45) is -1.20. The molecule has 16 heavy (non-hydrogen) atoms. The molecule has 1 atom stereocenters. The maximum absolute atomic E-state index is 9.83. The topological polar surface area (TPSA) is 69.9 Å². The Labute approximate surface area is 98.2 Å². The van der Waals surface area contributed by atoms with Gasteiger partial charge in [-0.3, -0.25) is 0 Å². The molecule has 0 aromatic heterocycles. The lowest BCUT2D eigenvalue weighted by molar-refractivity contribution is -0.174. The second kappa shape index (κ2) is 5.96. The van der Waals surface area contributed by atoms with Gasteiger partial charge in [-0.15, -0.1) is 0 Å². The third kappa shape index (κ3) is 5.80. The molecule has 0 radical (unpaired) electrons. The monoisotopic (exact) mass is 234 g/mol. The minimum atomic E-state index is -1.31. The molecule has 0 aliphatic rings. The van der Waals surface area contributed by atoms with Crippen molar-refractivity contribution in [3.05, 3.63) is 0 Å². The SMILES string of the molecule is CCOC(O)C(C)(C)CC(C)(C)CC(O)O. The van der Waals surface area contributed by atoms with Crippen molar-refractivity contribution in [2.45, 2.75) is 60.0 Å². The van der Waals surface area contributed by atoms with E-state index >= 15 is 0 Å². The standard InChI is InChI=1S/C12H26O4/c1-6-16-10(15)12(4,5)8-11(2,3)7-9(13)14/h9-10,13-15H,6-8H2,1-5H3. The fourth-order valence-corrected chi connectivity index (χ4v) is 2.27. The highest BCUT2D eigenvalue weighted by atomic mass is 16.6. The van der Waals surface area contributed by atoms with E-state index in [1.165, 1.54) is 0 Å². The summed E-state index contributed by atoms with van der Waals surface area (Å²) in [5.41, 5.74) is -0.663. The van der Waals surface area contributed by atoms with E-state index in [0.717, 1.165) is 0 Å². The average molecular weight is 234 g/mol.